The minimum absolute atomic E-state index is 0.0480. The first-order valence-electron chi connectivity index (χ1n) is 10.1. The van der Waals surface area contributed by atoms with E-state index in [2.05, 4.69) is 5.32 Å². The number of nitrogens with one attached hydrogen (secondary N) is 1. The van der Waals surface area contributed by atoms with Crippen LogP contribution in [0, 0.1) is 0 Å². The van der Waals surface area contributed by atoms with Gasteiger partial charge in [-0.05, 0) is 47.7 Å². The van der Waals surface area contributed by atoms with Crippen LogP contribution in [-0.4, -0.2) is 44.7 Å². The molecule has 3 rings (SSSR count). The minimum Gasteiger partial charge on any atom is -0.497 e. The summed E-state index contributed by atoms with van der Waals surface area (Å²) in [6.07, 6.45) is 0.239. The van der Waals surface area contributed by atoms with Gasteiger partial charge in [-0.3, -0.25) is 9.59 Å². The molecule has 1 aliphatic rings. The van der Waals surface area contributed by atoms with E-state index in [1.54, 1.807) is 31.2 Å². The largest absolute Gasteiger partial charge is 0.497 e. The lowest BCUT2D eigenvalue weighted by Crippen LogP contribution is -2.42. The van der Waals surface area contributed by atoms with E-state index in [1.807, 2.05) is 37.3 Å². The number of carbonyl (C=O) groups is 2. The summed E-state index contributed by atoms with van der Waals surface area (Å²) in [6, 6.07) is 16.1. The molecule has 1 N–H and O–H groups in total. The van der Waals surface area contributed by atoms with Crippen molar-refractivity contribution >= 4 is 26.7 Å². The van der Waals surface area contributed by atoms with Gasteiger partial charge in [0.2, 0.25) is 5.91 Å². The van der Waals surface area contributed by atoms with Crippen molar-refractivity contribution in [2.45, 2.75) is 26.2 Å². The van der Waals surface area contributed by atoms with Crippen LogP contribution in [0.5, 0.6) is 5.75 Å². The average Bonchev–Trinajstić information content (AvgIpc) is 2.97. The van der Waals surface area contributed by atoms with Gasteiger partial charge < -0.3 is 10.1 Å². The highest BCUT2D eigenvalue weighted by Crippen LogP contribution is 2.37. The van der Waals surface area contributed by atoms with Crippen LogP contribution in [0.2, 0.25) is 0 Å². The highest BCUT2D eigenvalue weighted by Gasteiger charge is 2.44. The van der Waals surface area contributed by atoms with Crippen molar-refractivity contribution in [2.24, 2.45) is 0 Å². The molecule has 0 radical (unpaired) electrons. The number of hydrogen-bond acceptors (Lipinski definition) is 5. The van der Waals surface area contributed by atoms with Crippen molar-refractivity contribution in [3.05, 3.63) is 71.3 Å². The third-order valence-electron chi connectivity index (χ3n) is 5.27. The normalized spacial score (nSPS) is 16.4. The number of benzene rings is 2. The van der Waals surface area contributed by atoms with Crippen molar-refractivity contribution in [3.8, 4) is 5.75 Å². The van der Waals surface area contributed by atoms with Gasteiger partial charge in [-0.25, -0.2) is 12.7 Å². The molecule has 0 aromatic heterocycles. The second-order valence-electron chi connectivity index (χ2n) is 7.32. The first kappa shape index (κ1) is 22.6. The smallest absolute Gasteiger partial charge is 0.268 e. The monoisotopic (exact) mass is 442 g/mol. The van der Waals surface area contributed by atoms with Crippen molar-refractivity contribution in [1.29, 1.82) is 0 Å². The zero-order valence-corrected chi connectivity index (χ0v) is 18.6. The van der Waals surface area contributed by atoms with Crippen molar-refractivity contribution in [1.82, 2.24) is 9.62 Å². The Morgan fingerprint density at radius 3 is 2.32 bits per heavy atom. The zero-order chi connectivity index (χ0) is 22.6. The third kappa shape index (κ3) is 4.64. The molecule has 164 valence electrons. The Balaban J connectivity index is 1.75. The molecular formula is C23H26N2O5S. The average molecular weight is 443 g/mol. The van der Waals surface area contributed by atoms with Crippen LogP contribution < -0.4 is 10.1 Å². The highest BCUT2D eigenvalue weighted by atomic mass is 32.2. The molecule has 31 heavy (non-hydrogen) atoms. The van der Waals surface area contributed by atoms with Crippen molar-refractivity contribution < 1.29 is 22.7 Å². The van der Waals surface area contributed by atoms with Gasteiger partial charge in [-0.1, -0.05) is 44.2 Å². The summed E-state index contributed by atoms with van der Waals surface area (Å²) in [5.74, 6) is -0.547. The molecule has 0 spiro atoms. The molecule has 8 heteroatoms. The van der Waals surface area contributed by atoms with Crippen LogP contribution in [0.1, 0.15) is 37.3 Å². The van der Waals surface area contributed by atoms with Crippen LogP contribution in [0.3, 0.4) is 0 Å². The number of ether oxygens (including phenoxy) is 1. The summed E-state index contributed by atoms with van der Waals surface area (Å²) < 4.78 is 32.1. The summed E-state index contributed by atoms with van der Waals surface area (Å²) in [7, 11) is -2.62. The van der Waals surface area contributed by atoms with Crippen LogP contribution in [-0.2, 0) is 19.6 Å². The quantitative estimate of drug-likeness (QED) is 0.679. The Morgan fingerprint density at radius 2 is 1.74 bits per heavy atom. The third-order valence-corrected chi connectivity index (χ3v) is 7.15. The Bertz CT molecular complexity index is 1090. The lowest BCUT2D eigenvalue weighted by Gasteiger charge is -2.18. The van der Waals surface area contributed by atoms with Gasteiger partial charge in [0.25, 0.3) is 15.9 Å². The van der Waals surface area contributed by atoms with Gasteiger partial charge >= 0.3 is 0 Å². The molecule has 2 aromatic carbocycles. The number of rotatable bonds is 8. The number of hydrogen-bond donors (Lipinski definition) is 1. The number of amides is 2. The molecule has 1 heterocycles. The highest BCUT2D eigenvalue weighted by molar-refractivity contribution is 7.99. The Labute approximate surface area is 182 Å². The van der Waals surface area contributed by atoms with E-state index >= 15 is 0 Å². The molecule has 0 saturated carbocycles. The van der Waals surface area contributed by atoms with Crippen molar-refractivity contribution in [2.75, 3.05) is 20.2 Å². The Hall–Kier alpha value is -3.13. The number of methoxy groups -OCH3 is 1. The van der Waals surface area contributed by atoms with Gasteiger partial charge in [0.15, 0.2) is 0 Å². The number of sulfonamides is 1. The first-order valence-corrected chi connectivity index (χ1v) is 11.5. The summed E-state index contributed by atoms with van der Waals surface area (Å²) >= 11 is 0. The zero-order valence-electron chi connectivity index (χ0n) is 17.8. The van der Waals surface area contributed by atoms with Crippen LogP contribution in [0.25, 0.3) is 4.91 Å². The topological polar surface area (TPSA) is 92.8 Å². The van der Waals surface area contributed by atoms with E-state index < -0.39 is 28.4 Å². The molecule has 0 unspecified atom stereocenters. The molecule has 0 bridgehead atoms. The van der Waals surface area contributed by atoms with E-state index in [4.69, 9.17) is 4.74 Å². The van der Waals surface area contributed by atoms with Gasteiger partial charge in [-0.2, -0.15) is 0 Å². The molecule has 1 aliphatic heterocycles. The van der Waals surface area contributed by atoms with Gasteiger partial charge in [0.05, 0.1) is 7.11 Å². The summed E-state index contributed by atoms with van der Waals surface area (Å²) in [6.45, 7) is 3.47. The standard InChI is InChI=1S/C23H26N2O5S/c1-4-20-22(18-10-12-19(30-3)13-11-18)31(28,29)25(23(20)27)15-21(26)24-14-16(2)17-8-6-5-7-9-17/h5-13,16H,4,14-15H2,1-3H3,(H,24,26)/t16-/m0/s1. The van der Waals surface area contributed by atoms with E-state index in [1.165, 1.54) is 7.11 Å². The Kier molecular flexibility index (Phi) is 6.80. The fourth-order valence-electron chi connectivity index (χ4n) is 3.51. The summed E-state index contributed by atoms with van der Waals surface area (Å²) in [5, 5.41) is 2.74. The fourth-order valence-corrected chi connectivity index (χ4v) is 5.32. The summed E-state index contributed by atoms with van der Waals surface area (Å²) in [5.41, 5.74) is 1.63. The van der Waals surface area contributed by atoms with Gasteiger partial charge in [-0.15, -0.1) is 0 Å². The molecular weight excluding hydrogens is 416 g/mol. The minimum atomic E-state index is -4.13. The number of carbonyl (C=O) groups excluding carboxylic acids is 2. The van der Waals surface area contributed by atoms with Gasteiger partial charge in [0.1, 0.15) is 17.2 Å². The maximum absolute atomic E-state index is 13.2. The van der Waals surface area contributed by atoms with Crippen LogP contribution in [0.4, 0.5) is 0 Å². The van der Waals surface area contributed by atoms with E-state index in [0.29, 0.717) is 22.2 Å². The maximum atomic E-state index is 13.2. The lowest BCUT2D eigenvalue weighted by molar-refractivity contribution is -0.128. The predicted octanol–water partition coefficient (Wildman–Crippen LogP) is 2.91. The second-order valence-corrected chi connectivity index (χ2v) is 9.12. The molecule has 0 fully saturated rings. The second kappa shape index (κ2) is 9.34. The molecule has 0 aliphatic carbocycles. The fraction of sp³-hybridized carbons (Fsp3) is 0.304. The van der Waals surface area contributed by atoms with E-state index in [9.17, 15) is 18.0 Å². The first-order chi connectivity index (χ1) is 14.8. The molecule has 1 atom stereocenters. The van der Waals surface area contributed by atoms with E-state index in [0.717, 1.165) is 5.56 Å². The van der Waals surface area contributed by atoms with Crippen LogP contribution in [0.15, 0.2) is 60.2 Å². The molecule has 7 nitrogen and oxygen atoms in total. The maximum Gasteiger partial charge on any atom is 0.268 e. The molecule has 0 saturated heterocycles. The SMILES string of the molecule is CCC1=C(c2ccc(OC)cc2)S(=O)(=O)N(CC(=O)NC[C@H](C)c2ccccc2)C1=O. The number of nitrogens with zero attached hydrogens (tertiary/aromatic N) is 1. The van der Waals surface area contributed by atoms with E-state index in [-0.39, 0.29) is 22.8 Å². The Morgan fingerprint density at radius 1 is 1.10 bits per heavy atom. The summed E-state index contributed by atoms with van der Waals surface area (Å²) in [4.78, 5) is 25.3. The van der Waals surface area contributed by atoms with Crippen LogP contribution >= 0.6 is 0 Å². The lowest BCUT2D eigenvalue weighted by atomic mass is 10.0. The van der Waals surface area contributed by atoms with Gasteiger partial charge in [0, 0.05) is 12.1 Å². The molecule has 2 amide bonds. The van der Waals surface area contributed by atoms with Crippen molar-refractivity contribution in [3.63, 3.8) is 0 Å². The predicted molar refractivity (Wildman–Crippen MR) is 119 cm³/mol. The molecule has 2 aromatic rings.